The molecule has 1 atom stereocenters. The number of H-pyrrole nitrogens is 1. The van der Waals surface area contributed by atoms with E-state index in [1.54, 1.807) is 17.0 Å². The Morgan fingerprint density at radius 1 is 1.11 bits per heavy atom. The number of halogens is 1. The zero-order valence-corrected chi connectivity index (χ0v) is 14.7. The third kappa shape index (κ3) is 3.56. The minimum atomic E-state index is -0.465. The van der Waals surface area contributed by atoms with Crippen molar-refractivity contribution in [3.05, 3.63) is 66.1 Å². The van der Waals surface area contributed by atoms with Crippen molar-refractivity contribution in [2.24, 2.45) is 5.92 Å². The second kappa shape index (κ2) is 7.23. The Labute approximate surface area is 156 Å². The number of aromatic nitrogens is 1. The number of fused-ring (bicyclic) bond motifs is 1. The lowest BCUT2D eigenvalue weighted by Crippen LogP contribution is -2.44. The van der Waals surface area contributed by atoms with Gasteiger partial charge in [-0.05, 0) is 37.1 Å². The second-order valence-corrected chi connectivity index (χ2v) is 6.83. The molecule has 0 aliphatic carbocycles. The Balaban J connectivity index is 1.46. The summed E-state index contributed by atoms with van der Waals surface area (Å²) >= 11 is 0. The molecule has 4 rings (SSSR count). The normalized spacial score (nSPS) is 17.1. The van der Waals surface area contributed by atoms with Gasteiger partial charge in [0.25, 0.3) is 5.91 Å². The van der Waals surface area contributed by atoms with Crippen LogP contribution in [0, 0.1) is 11.7 Å². The first kappa shape index (κ1) is 17.3. The molecule has 0 saturated carbocycles. The van der Waals surface area contributed by atoms with E-state index >= 15 is 0 Å². The van der Waals surface area contributed by atoms with E-state index in [0.717, 1.165) is 17.3 Å². The third-order valence-electron chi connectivity index (χ3n) is 4.97. The molecule has 2 N–H and O–H groups in total. The molecule has 138 valence electrons. The van der Waals surface area contributed by atoms with Crippen LogP contribution in [0.1, 0.15) is 23.3 Å². The first-order valence-corrected chi connectivity index (χ1v) is 9.04. The van der Waals surface area contributed by atoms with Crippen LogP contribution in [-0.4, -0.2) is 34.8 Å². The number of likely N-dealkylation sites (tertiary alicyclic amines) is 1. The number of rotatable bonds is 3. The van der Waals surface area contributed by atoms with E-state index in [2.05, 4.69) is 10.3 Å². The number of hydrogen-bond donors (Lipinski definition) is 2. The molecule has 1 aromatic heterocycles. The second-order valence-electron chi connectivity index (χ2n) is 6.83. The molecule has 2 heterocycles. The number of aromatic amines is 1. The lowest BCUT2D eigenvalue weighted by atomic mass is 9.96. The smallest absolute Gasteiger partial charge is 0.270 e. The molecule has 1 saturated heterocycles. The number of benzene rings is 2. The maximum absolute atomic E-state index is 13.8. The molecule has 27 heavy (non-hydrogen) atoms. The molecule has 6 heteroatoms. The minimum absolute atomic E-state index is 0.116. The molecular weight excluding hydrogens is 345 g/mol. The highest BCUT2D eigenvalue weighted by molar-refractivity contribution is 5.99. The van der Waals surface area contributed by atoms with Crippen molar-refractivity contribution >= 4 is 28.4 Å². The van der Waals surface area contributed by atoms with Crippen molar-refractivity contribution in [3.8, 4) is 0 Å². The number of amides is 2. The van der Waals surface area contributed by atoms with Crippen LogP contribution < -0.4 is 5.32 Å². The summed E-state index contributed by atoms with van der Waals surface area (Å²) in [4.78, 5) is 30.2. The summed E-state index contributed by atoms with van der Waals surface area (Å²) in [6.45, 7) is 0.937. The predicted octanol–water partition coefficient (Wildman–Crippen LogP) is 3.80. The fourth-order valence-electron chi connectivity index (χ4n) is 3.53. The Morgan fingerprint density at radius 2 is 1.89 bits per heavy atom. The lowest BCUT2D eigenvalue weighted by Gasteiger charge is -2.31. The van der Waals surface area contributed by atoms with E-state index in [1.165, 1.54) is 12.1 Å². The van der Waals surface area contributed by atoms with Gasteiger partial charge in [-0.25, -0.2) is 4.39 Å². The van der Waals surface area contributed by atoms with Gasteiger partial charge in [0.1, 0.15) is 11.5 Å². The number of hydrogen-bond acceptors (Lipinski definition) is 2. The summed E-state index contributed by atoms with van der Waals surface area (Å²) in [7, 11) is 0. The van der Waals surface area contributed by atoms with Gasteiger partial charge < -0.3 is 15.2 Å². The zero-order chi connectivity index (χ0) is 18.8. The SMILES string of the molecule is O=C(Nc1ccccc1F)[C@H]1CCCN(C(=O)c2cc3ccccc3[nH]2)C1. The monoisotopic (exact) mass is 365 g/mol. The van der Waals surface area contributed by atoms with Gasteiger partial charge in [0.15, 0.2) is 0 Å². The maximum atomic E-state index is 13.8. The van der Waals surface area contributed by atoms with E-state index in [1.807, 2.05) is 30.3 Å². The number of carbonyl (C=O) groups excluding carboxylic acids is 2. The minimum Gasteiger partial charge on any atom is -0.351 e. The van der Waals surface area contributed by atoms with Gasteiger partial charge >= 0.3 is 0 Å². The van der Waals surface area contributed by atoms with Crippen molar-refractivity contribution < 1.29 is 14.0 Å². The van der Waals surface area contributed by atoms with Gasteiger partial charge in [-0.3, -0.25) is 9.59 Å². The van der Waals surface area contributed by atoms with E-state index in [-0.39, 0.29) is 23.4 Å². The Bertz CT molecular complexity index is 965. The summed E-state index contributed by atoms with van der Waals surface area (Å²) in [5.74, 6) is -1.19. The molecule has 0 spiro atoms. The van der Waals surface area contributed by atoms with Gasteiger partial charge in [0, 0.05) is 24.0 Å². The number of nitrogens with one attached hydrogen (secondary N) is 2. The van der Waals surface area contributed by atoms with E-state index in [4.69, 9.17) is 0 Å². The van der Waals surface area contributed by atoms with Gasteiger partial charge in [0.2, 0.25) is 5.91 Å². The van der Waals surface area contributed by atoms with Gasteiger partial charge in [-0.1, -0.05) is 30.3 Å². The topological polar surface area (TPSA) is 65.2 Å². The summed E-state index contributed by atoms with van der Waals surface area (Å²) in [6.07, 6.45) is 1.41. The van der Waals surface area contributed by atoms with Crippen LogP contribution in [0.3, 0.4) is 0 Å². The van der Waals surface area contributed by atoms with E-state index < -0.39 is 5.82 Å². The molecular formula is C21H20FN3O2. The molecule has 0 unspecified atom stereocenters. The van der Waals surface area contributed by atoms with Crippen LogP contribution in [0.25, 0.3) is 10.9 Å². The fraction of sp³-hybridized carbons (Fsp3) is 0.238. The number of anilines is 1. The van der Waals surface area contributed by atoms with E-state index in [9.17, 15) is 14.0 Å². The first-order chi connectivity index (χ1) is 13.1. The number of piperidine rings is 1. The van der Waals surface area contributed by atoms with Crippen LogP contribution in [0.15, 0.2) is 54.6 Å². The Morgan fingerprint density at radius 3 is 2.70 bits per heavy atom. The van der Waals surface area contributed by atoms with Crippen molar-refractivity contribution in [2.45, 2.75) is 12.8 Å². The van der Waals surface area contributed by atoms with Gasteiger partial charge in [-0.2, -0.15) is 0 Å². The molecule has 1 aliphatic heterocycles. The first-order valence-electron chi connectivity index (χ1n) is 9.04. The molecule has 3 aromatic rings. The number of carbonyl (C=O) groups is 2. The lowest BCUT2D eigenvalue weighted by molar-refractivity contribution is -0.121. The number of nitrogens with zero attached hydrogens (tertiary/aromatic N) is 1. The Hall–Kier alpha value is -3.15. The largest absolute Gasteiger partial charge is 0.351 e. The molecule has 0 radical (unpaired) electrons. The highest BCUT2D eigenvalue weighted by Crippen LogP contribution is 2.23. The van der Waals surface area contributed by atoms with Crippen molar-refractivity contribution in [3.63, 3.8) is 0 Å². The fourth-order valence-corrected chi connectivity index (χ4v) is 3.53. The molecule has 2 amide bonds. The highest BCUT2D eigenvalue weighted by Gasteiger charge is 2.29. The standard InChI is InChI=1S/C21H20FN3O2/c22-16-8-2-4-10-18(16)24-20(26)15-7-5-11-25(13-15)21(27)19-12-14-6-1-3-9-17(14)23-19/h1-4,6,8-10,12,15,23H,5,7,11,13H2,(H,24,26)/t15-/m0/s1. The quantitative estimate of drug-likeness (QED) is 0.741. The predicted molar refractivity (Wildman–Crippen MR) is 102 cm³/mol. The summed E-state index contributed by atoms with van der Waals surface area (Å²) in [6, 6.07) is 15.6. The van der Waals surface area contributed by atoms with Crippen LogP contribution in [0.5, 0.6) is 0 Å². The third-order valence-corrected chi connectivity index (χ3v) is 4.97. The van der Waals surface area contributed by atoms with Crippen molar-refractivity contribution in [2.75, 3.05) is 18.4 Å². The molecule has 2 aromatic carbocycles. The molecule has 5 nitrogen and oxygen atoms in total. The van der Waals surface area contributed by atoms with Crippen LogP contribution in [0.2, 0.25) is 0 Å². The van der Waals surface area contributed by atoms with Crippen molar-refractivity contribution in [1.82, 2.24) is 9.88 Å². The zero-order valence-electron chi connectivity index (χ0n) is 14.7. The number of para-hydroxylation sites is 2. The summed E-state index contributed by atoms with van der Waals surface area (Å²) in [5, 5.41) is 3.62. The molecule has 1 aliphatic rings. The van der Waals surface area contributed by atoms with Crippen LogP contribution in [-0.2, 0) is 4.79 Å². The highest BCUT2D eigenvalue weighted by atomic mass is 19.1. The van der Waals surface area contributed by atoms with E-state index in [0.29, 0.717) is 25.2 Å². The summed E-state index contributed by atoms with van der Waals surface area (Å²) < 4.78 is 13.8. The van der Waals surface area contributed by atoms with Gasteiger partial charge in [-0.15, -0.1) is 0 Å². The molecule has 1 fully saturated rings. The van der Waals surface area contributed by atoms with Crippen LogP contribution >= 0.6 is 0 Å². The van der Waals surface area contributed by atoms with Gasteiger partial charge in [0.05, 0.1) is 11.6 Å². The average molecular weight is 365 g/mol. The molecule has 0 bridgehead atoms. The average Bonchev–Trinajstić information content (AvgIpc) is 3.13. The van der Waals surface area contributed by atoms with Crippen molar-refractivity contribution in [1.29, 1.82) is 0 Å². The van der Waals surface area contributed by atoms with Crippen LogP contribution in [0.4, 0.5) is 10.1 Å². The summed E-state index contributed by atoms with van der Waals surface area (Å²) in [5.41, 5.74) is 1.60. The maximum Gasteiger partial charge on any atom is 0.270 e. The Kier molecular flexibility index (Phi) is 4.62.